The summed E-state index contributed by atoms with van der Waals surface area (Å²) in [6.45, 7) is 0.485. The monoisotopic (exact) mass is 373 g/mol. The van der Waals surface area contributed by atoms with Crippen LogP contribution in [0.3, 0.4) is 0 Å². The van der Waals surface area contributed by atoms with Gasteiger partial charge in [0.25, 0.3) is 5.91 Å². The first-order valence-corrected chi connectivity index (χ1v) is 9.37. The van der Waals surface area contributed by atoms with Crippen molar-refractivity contribution in [3.63, 3.8) is 0 Å². The molecule has 2 aromatic heterocycles. The van der Waals surface area contributed by atoms with Crippen LogP contribution in [-0.4, -0.2) is 15.7 Å². The average Bonchev–Trinajstić information content (AvgIpc) is 3.36. The van der Waals surface area contributed by atoms with E-state index in [1.165, 1.54) is 11.3 Å². The second kappa shape index (κ2) is 6.41. The lowest BCUT2D eigenvalue weighted by molar-refractivity contribution is 0.103. The van der Waals surface area contributed by atoms with Gasteiger partial charge >= 0.3 is 0 Å². The number of anilines is 1. The molecule has 5 nitrogen and oxygen atoms in total. The molecule has 132 valence electrons. The van der Waals surface area contributed by atoms with Crippen LogP contribution in [0.5, 0.6) is 5.75 Å². The van der Waals surface area contributed by atoms with Crippen LogP contribution in [0.1, 0.15) is 15.2 Å². The molecular weight excluding hydrogens is 358 g/mol. The third kappa shape index (κ3) is 2.90. The van der Waals surface area contributed by atoms with Gasteiger partial charge in [-0.2, -0.15) is 5.10 Å². The van der Waals surface area contributed by atoms with Crippen molar-refractivity contribution in [2.75, 3.05) is 5.32 Å². The average molecular weight is 373 g/mol. The number of rotatable bonds is 3. The fraction of sp³-hybridized carbons (Fsp3) is 0.0476. The molecule has 1 aliphatic rings. The minimum Gasteiger partial charge on any atom is -0.488 e. The van der Waals surface area contributed by atoms with Gasteiger partial charge in [-0.3, -0.25) is 4.79 Å². The van der Waals surface area contributed by atoms with Crippen LogP contribution in [0.2, 0.25) is 0 Å². The Morgan fingerprint density at radius 1 is 1.07 bits per heavy atom. The first kappa shape index (κ1) is 15.8. The summed E-state index contributed by atoms with van der Waals surface area (Å²) in [5.41, 5.74) is 3.02. The minimum absolute atomic E-state index is 0.162. The standard InChI is InChI=1S/C21H15N3O2S/c25-21(22-19-10-11-24(23-19)15-6-2-1-3-7-15)18-12-14-13-26-17-9-5-4-8-16(17)20(14)27-18/h1-12H,13H2,(H,22,23,25). The largest absolute Gasteiger partial charge is 0.488 e. The molecule has 27 heavy (non-hydrogen) atoms. The van der Waals surface area contributed by atoms with E-state index in [2.05, 4.69) is 10.4 Å². The molecule has 0 bridgehead atoms. The third-order valence-corrected chi connectivity index (χ3v) is 5.61. The first-order chi connectivity index (χ1) is 13.3. The number of benzene rings is 2. The predicted octanol–water partition coefficient (Wildman–Crippen LogP) is 4.75. The van der Waals surface area contributed by atoms with Crippen molar-refractivity contribution in [3.05, 3.63) is 83.4 Å². The van der Waals surface area contributed by atoms with Crippen LogP contribution in [0.4, 0.5) is 5.82 Å². The van der Waals surface area contributed by atoms with Crippen LogP contribution in [-0.2, 0) is 6.61 Å². The second-order valence-electron chi connectivity index (χ2n) is 6.19. The molecule has 2 aromatic carbocycles. The second-order valence-corrected chi connectivity index (χ2v) is 7.24. The highest BCUT2D eigenvalue weighted by atomic mass is 32.1. The lowest BCUT2D eigenvalue weighted by Gasteiger charge is -2.16. The molecule has 1 aliphatic heterocycles. The summed E-state index contributed by atoms with van der Waals surface area (Å²) in [6.07, 6.45) is 1.83. The number of carbonyl (C=O) groups excluding carboxylic acids is 1. The van der Waals surface area contributed by atoms with E-state index in [-0.39, 0.29) is 5.91 Å². The topological polar surface area (TPSA) is 56.2 Å². The summed E-state index contributed by atoms with van der Waals surface area (Å²) in [6, 6.07) is 21.4. The van der Waals surface area contributed by atoms with Gasteiger partial charge in [-0.1, -0.05) is 30.3 Å². The van der Waals surface area contributed by atoms with E-state index in [9.17, 15) is 4.79 Å². The highest BCUT2D eigenvalue weighted by Gasteiger charge is 2.22. The molecular formula is C21H15N3O2S. The van der Waals surface area contributed by atoms with Crippen LogP contribution in [0, 0.1) is 0 Å². The number of hydrogen-bond acceptors (Lipinski definition) is 4. The summed E-state index contributed by atoms with van der Waals surface area (Å²) in [7, 11) is 0. The van der Waals surface area contributed by atoms with Gasteiger partial charge in [0.05, 0.1) is 10.6 Å². The molecule has 0 spiro atoms. The number of fused-ring (bicyclic) bond motifs is 3. The van der Waals surface area contributed by atoms with Crippen molar-refractivity contribution in [2.24, 2.45) is 0 Å². The molecule has 0 fully saturated rings. The van der Waals surface area contributed by atoms with E-state index in [1.807, 2.05) is 66.9 Å². The quantitative estimate of drug-likeness (QED) is 0.564. The number of nitrogens with one attached hydrogen (secondary N) is 1. The Morgan fingerprint density at radius 3 is 2.78 bits per heavy atom. The van der Waals surface area contributed by atoms with E-state index in [4.69, 9.17) is 4.74 Å². The van der Waals surface area contributed by atoms with Gasteiger partial charge in [-0.15, -0.1) is 11.3 Å². The fourth-order valence-electron chi connectivity index (χ4n) is 3.10. The number of ether oxygens (including phenoxy) is 1. The number of carbonyl (C=O) groups is 1. The predicted molar refractivity (Wildman–Crippen MR) is 106 cm³/mol. The normalized spacial score (nSPS) is 12.0. The SMILES string of the molecule is O=C(Nc1ccn(-c2ccccc2)n1)c1cc2c(s1)-c1ccccc1OC2. The van der Waals surface area contributed by atoms with Gasteiger partial charge in [0.2, 0.25) is 0 Å². The molecule has 0 saturated carbocycles. The smallest absolute Gasteiger partial charge is 0.266 e. The molecule has 3 heterocycles. The van der Waals surface area contributed by atoms with Crippen molar-refractivity contribution in [2.45, 2.75) is 6.61 Å². The van der Waals surface area contributed by atoms with E-state index in [0.29, 0.717) is 17.3 Å². The Bertz CT molecular complexity index is 1130. The molecule has 1 N–H and O–H groups in total. The van der Waals surface area contributed by atoms with Crippen LogP contribution in [0.15, 0.2) is 72.9 Å². The van der Waals surface area contributed by atoms with Crippen LogP contribution in [0.25, 0.3) is 16.1 Å². The summed E-state index contributed by atoms with van der Waals surface area (Å²) in [5, 5.41) is 7.31. The van der Waals surface area contributed by atoms with Gasteiger partial charge in [-0.25, -0.2) is 4.68 Å². The zero-order valence-electron chi connectivity index (χ0n) is 14.3. The van der Waals surface area contributed by atoms with Crippen molar-refractivity contribution in [1.82, 2.24) is 9.78 Å². The zero-order valence-corrected chi connectivity index (χ0v) is 15.1. The van der Waals surface area contributed by atoms with Crippen molar-refractivity contribution in [1.29, 1.82) is 0 Å². The molecule has 0 radical (unpaired) electrons. The highest BCUT2D eigenvalue weighted by molar-refractivity contribution is 7.17. The third-order valence-electron chi connectivity index (χ3n) is 4.40. The van der Waals surface area contributed by atoms with E-state index < -0.39 is 0 Å². The maximum atomic E-state index is 12.7. The minimum atomic E-state index is -0.162. The maximum Gasteiger partial charge on any atom is 0.266 e. The number of amides is 1. The van der Waals surface area contributed by atoms with Gasteiger partial charge < -0.3 is 10.1 Å². The Balaban J connectivity index is 1.39. The summed E-state index contributed by atoms with van der Waals surface area (Å²) < 4.78 is 7.51. The van der Waals surface area contributed by atoms with E-state index in [1.54, 1.807) is 10.7 Å². The highest BCUT2D eigenvalue weighted by Crippen LogP contribution is 2.42. The number of hydrogen-bond donors (Lipinski definition) is 1. The summed E-state index contributed by atoms with van der Waals surface area (Å²) >= 11 is 1.48. The lowest BCUT2D eigenvalue weighted by atomic mass is 10.1. The molecule has 0 aliphatic carbocycles. The maximum absolute atomic E-state index is 12.7. The summed E-state index contributed by atoms with van der Waals surface area (Å²) in [5.74, 6) is 1.22. The Morgan fingerprint density at radius 2 is 1.89 bits per heavy atom. The Kier molecular flexibility index (Phi) is 3.76. The zero-order chi connectivity index (χ0) is 18.2. The molecule has 1 amide bonds. The molecule has 0 atom stereocenters. The van der Waals surface area contributed by atoms with Crippen LogP contribution >= 0.6 is 11.3 Å². The fourth-order valence-corrected chi connectivity index (χ4v) is 4.20. The molecule has 5 rings (SSSR count). The first-order valence-electron chi connectivity index (χ1n) is 8.55. The Hall–Kier alpha value is -3.38. The molecule has 6 heteroatoms. The molecule has 0 unspecified atom stereocenters. The van der Waals surface area contributed by atoms with E-state index >= 15 is 0 Å². The van der Waals surface area contributed by atoms with Crippen molar-refractivity contribution >= 4 is 23.1 Å². The molecule has 4 aromatic rings. The number of para-hydroxylation sites is 2. The van der Waals surface area contributed by atoms with Gasteiger partial charge in [0, 0.05) is 28.3 Å². The van der Waals surface area contributed by atoms with E-state index in [0.717, 1.165) is 27.4 Å². The Labute approximate surface area is 159 Å². The summed E-state index contributed by atoms with van der Waals surface area (Å²) in [4.78, 5) is 14.4. The van der Waals surface area contributed by atoms with Crippen molar-refractivity contribution < 1.29 is 9.53 Å². The number of thiophene rings is 1. The van der Waals surface area contributed by atoms with Gasteiger partial charge in [-0.05, 0) is 30.3 Å². The molecule has 0 saturated heterocycles. The van der Waals surface area contributed by atoms with Gasteiger partial charge in [0.1, 0.15) is 12.4 Å². The number of aromatic nitrogens is 2. The van der Waals surface area contributed by atoms with Crippen molar-refractivity contribution in [3.8, 4) is 21.9 Å². The van der Waals surface area contributed by atoms with Crippen LogP contribution < -0.4 is 10.1 Å². The number of nitrogens with zero attached hydrogens (tertiary/aromatic N) is 2. The van der Waals surface area contributed by atoms with Gasteiger partial charge in [0.15, 0.2) is 5.82 Å². The lowest BCUT2D eigenvalue weighted by Crippen LogP contribution is -2.11.